The molecule has 0 N–H and O–H groups in total. The van der Waals surface area contributed by atoms with Gasteiger partial charge < -0.3 is 13.4 Å². The molecule has 9 heteroatoms. The summed E-state index contributed by atoms with van der Waals surface area (Å²) in [6, 6.07) is 118. The molecule has 0 unspecified atom stereocenters. The van der Waals surface area contributed by atoms with E-state index in [9.17, 15) is 0 Å². The molecule has 22 aromatic rings. The normalized spacial score (nSPS) is 12.0. The Morgan fingerprint density at radius 1 is 0.190 bits per heavy atom. The van der Waals surface area contributed by atoms with Gasteiger partial charge in [-0.25, -0.2) is 24.9 Å². The van der Waals surface area contributed by atoms with Gasteiger partial charge in [0.05, 0.1) is 66.6 Å². The number of nitrogens with zero attached hydrogens (tertiary/aromatic N) is 9. The van der Waals surface area contributed by atoms with E-state index in [1.165, 1.54) is 114 Å². The molecule has 0 radical (unpaired) electrons. The molecule has 0 aliphatic heterocycles. The Kier molecular flexibility index (Phi) is 12.2. The zero-order chi connectivity index (χ0) is 65.5. The lowest BCUT2D eigenvalue weighted by molar-refractivity contribution is 0.998. The lowest BCUT2D eigenvalue weighted by atomic mass is 10.0. The van der Waals surface area contributed by atoms with Gasteiger partial charge in [0.15, 0.2) is 17.5 Å². The average Bonchev–Trinajstić information content (AvgIpc) is 1.52. The molecular weight excluding hydrogens is 1220 g/mol. The molecule has 0 fully saturated rings. The van der Waals surface area contributed by atoms with Crippen molar-refractivity contribution in [3.8, 4) is 79.4 Å². The van der Waals surface area contributed by atoms with Crippen LogP contribution in [0.1, 0.15) is 0 Å². The number of hydrogen-bond acceptors (Lipinski definition) is 5. The second-order valence-corrected chi connectivity index (χ2v) is 25.9. The van der Waals surface area contributed by atoms with E-state index in [1.807, 2.05) is 66.7 Å². The highest BCUT2D eigenvalue weighted by molar-refractivity contribution is 6.36. The Hall–Kier alpha value is -13.6. The summed E-state index contributed by atoms with van der Waals surface area (Å²) in [6.07, 6.45) is 0. The summed E-state index contributed by atoms with van der Waals surface area (Å²) in [5, 5.41) is 14.9. The minimum atomic E-state index is 0.637. The van der Waals surface area contributed by atoms with Crippen LogP contribution in [0.4, 0.5) is 0 Å². The number of para-hydroxylation sites is 6. The van der Waals surface area contributed by atoms with E-state index in [-0.39, 0.29) is 0 Å². The third-order valence-electron chi connectivity index (χ3n) is 20.3. The summed E-state index contributed by atoms with van der Waals surface area (Å²) in [6.45, 7) is 0. The van der Waals surface area contributed by atoms with Gasteiger partial charge in [-0.3, -0.25) is 4.57 Å². The predicted molar refractivity (Wildman–Crippen MR) is 412 cm³/mol. The molecule has 14 aromatic carbocycles. The highest BCUT2D eigenvalue weighted by Gasteiger charge is 2.28. The van der Waals surface area contributed by atoms with Crippen molar-refractivity contribution < 1.29 is 0 Å². The summed E-state index contributed by atoms with van der Waals surface area (Å²) in [5.41, 5.74) is 22.1. The SMILES string of the molecule is c1ccc(-c2ccc(-c3cc(-c4ccccc4)nc(-n4c5ccccc5c5cc6c7ccccc7n7c8ccccc8c(c54)c67)n3)cc2)cc1.c1ccc(-c2nc(-c3ccccc3)nc(-c3cccc(-n4c5ccccc5c5cc6c7ccccc7n7c8ccccc8c(c54)c67)c3)n2)cc1. The van der Waals surface area contributed by atoms with Crippen molar-refractivity contribution in [2.75, 3.05) is 0 Å². The van der Waals surface area contributed by atoms with Crippen LogP contribution in [0.2, 0.25) is 0 Å². The third-order valence-corrected chi connectivity index (χ3v) is 20.3. The summed E-state index contributed by atoms with van der Waals surface area (Å²) in [5.74, 6) is 2.59. The second kappa shape index (κ2) is 22.0. The Labute approximate surface area is 572 Å². The van der Waals surface area contributed by atoms with Gasteiger partial charge in [0.1, 0.15) is 0 Å². The molecule has 0 saturated heterocycles. The topological polar surface area (TPSA) is 83.1 Å². The van der Waals surface area contributed by atoms with Crippen molar-refractivity contribution >= 4 is 120 Å². The quantitative estimate of drug-likeness (QED) is 0.151. The van der Waals surface area contributed by atoms with E-state index in [0.717, 1.165) is 61.4 Å². The maximum atomic E-state index is 5.39. The Bertz CT molecular complexity index is 6930. The van der Waals surface area contributed by atoms with Crippen LogP contribution in [-0.4, -0.2) is 42.9 Å². The highest BCUT2D eigenvalue weighted by Crippen LogP contribution is 2.49. The van der Waals surface area contributed by atoms with Crippen LogP contribution in [0, 0.1) is 0 Å². The fourth-order valence-corrected chi connectivity index (χ4v) is 16.0. The van der Waals surface area contributed by atoms with Gasteiger partial charge in [-0.2, -0.15) is 0 Å². The second-order valence-electron chi connectivity index (χ2n) is 25.9. The smallest absolute Gasteiger partial charge is 0.235 e. The third kappa shape index (κ3) is 8.39. The van der Waals surface area contributed by atoms with E-state index in [0.29, 0.717) is 23.4 Å². The minimum absolute atomic E-state index is 0.637. The van der Waals surface area contributed by atoms with Crippen molar-refractivity contribution in [2.45, 2.75) is 0 Å². The van der Waals surface area contributed by atoms with Crippen LogP contribution >= 0.6 is 0 Å². The molecule has 0 atom stereocenters. The molecule has 0 bridgehead atoms. The molecule has 22 rings (SSSR count). The standard InChI is InChI=1S/C46H28N4.C45H27N5/c1-3-13-29(14-4-1)30-23-25-32(26-24-30)39-28-38(31-15-5-2-6-16-31)47-46(48-39)50-41-21-11-8-18-34(41)37-27-36-33-17-7-10-20-40(33)49-42-22-12-9-19-35(42)43(44(36)49)45(37)50;1-3-14-28(15-4-1)43-46-44(29-16-5-2-6-17-29)48-45(47-43)30-18-13-19-31(26-30)49-37-23-10-7-20-32(37)35-27-36-33-21-8-11-24-38(33)50-39-25-12-9-22-34(39)40(41(35)49)42(36)50/h1-28H;1-27H. The minimum Gasteiger partial charge on any atom is -0.309 e. The van der Waals surface area contributed by atoms with Crippen LogP contribution < -0.4 is 0 Å². The van der Waals surface area contributed by atoms with Crippen LogP contribution in [0.5, 0.6) is 0 Å². The summed E-state index contributed by atoms with van der Waals surface area (Å²) >= 11 is 0. The van der Waals surface area contributed by atoms with E-state index in [2.05, 4.69) is 285 Å². The number of fused-ring (bicyclic) bond motifs is 20. The van der Waals surface area contributed by atoms with Crippen LogP contribution in [0.25, 0.3) is 199 Å². The lowest BCUT2D eigenvalue weighted by Gasteiger charge is -2.13. The highest BCUT2D eigenvalue weighted by atomic mass is 15.2. The molecule has 9 nitrogen and oxygen atoms in total. The molecule has 0 aliphatic rings. The molecule has 8 aromatic heterocycles. The number of hydrogen-bond donors (Lipinski definition) is 0. The van der Waals surface area contributed by atoms with Crippen molar-refractivity contribution in [3.63, 3.8) is 0 Å². The lowest BCUT2D eigenvalue weighted by Crippen LogP contribution is -2.04. The zero-order valence-electron chi connectivity index (χ0n) is 53.8. The molecule has 0 spiro atoms. The monoisotopic (exact) mass is 1270 g/mol. The van der Waals surface area contributed by atoms with Gasteiger partial charge in [0, 0.05) is 98.1 Å². The number of benzene rings is 14. The maximum absolute atomic E-state index is 5.39. The molecule has 464 valence electrons. The number of rotatable bonds is 8. The number of aromatic nitrogens is 9. The Morgan fingerprint density at radius 3 is 0.990 bits per heavy atom. The molecule has 0 saturated carbocycles. The largest absolute Gasteiger partial charge is 0.309 e. The molecule has 8 heterocycles. The van der Waals surface area contributed by atoms with Crippen LogP contribution in [0.15, 0.2) is 334 Å². The first-order valence-corrected chi connectivity index (χ1v) is 33.9. The van der Waals surface area contributed by atoms with Gasteiger partial charge in [-0.05, 0) is 77.9 Å². The van der Waals surface area contributed by atoms with Crippen molar-refractivity contribution in [1.82, 2.24) is 42.9 Å². The van der Waals surface area contributed by atoms with Crippen molar-refractivity contribution in [1.29, 1.82) is 0 Å². The average molecular weight is 1270 g/mol. The van der Waals surface area contributed by atoms with E-state index < -0.39 is 0 Å². The Balaban J connectivity index is 0.000000131. The summed E-state index contributed by atoms with van der Waals surface area (Å²) < 4.78 is 9.63. The van der Waals surface area contributed by atoms with Crippen molar-refractivity contribution in [3.05, 3.63) is 334 Å². The van der Waals surface area contributed by atoms with Gasteiger partial charge in [-0.1, -0.05) is 267 Å². The van der Waals surface area contributed by atoms with Gasteiger partial charge in [-0.15, -0.1) is 0 Å². The molecule has 0 amide bonds. The first kappa shape index (κ1) is 55.6. The molecule has 100 heavy (non-hydrogen) atoms. The zero-order valence-corrected chi connectivity index (χ0v) is 53.8. The first-order chi connectivity index (χ1) is 49.6. The molecule has 0 aliphatic carbocycles. The summed E-state index contributed by atoms with van der Waals surface area (Å²) in [7, 11) is 0. The van der Waals surface area contributed by atoms with Crippen LogP contribution in [0.3, 0.4) is 0 Å². The van der Waals surface area contributed by atoms with Gasteiger partial charge in [0.2, 0.25) is 5.95 Å². The van der Waals surface area contributed by atoms with Crippen molar-refractivity contribution in [2.24, 2.45) is 0 Å². The fraction of sp³-hybridized carbons (Fsp3) is 0. The van der Waals surface area contributed by atoms with E-state index >= 15 is 0 Å². The predicted octanol–water partition coefficient (Wildman–Crippen LogP) is 22.8. The van der Waals surface area contributed by atoms with Gasteiger partial charge in [0.25, 0.3) is 0 Å². The maximum Gasteiger partial charge on any atom is 0.235 e. The molecular formula is C91H55N9. The van der Waals surface area contributed by atoms with E-state index in [1.54, 1.807) is 0 Å². The summed E-state index contributed by atoms with van der Waals surface area (Å²) in [4.78, 5) is 25.8. The van der Waals surface area contributed by atoms with Crippen LogP contribution in [-0.2, 0) is 0 Å². The first-order valence-electron chi connectivity index (χ1n) is 33.9. The fourth-order valence-electron chi connectivity index (χ4n) is 16.0. The van der Waals surface area contributed by atoms with E-state index in [4.69, 9.17) is 24.9 Å². The Morgan fingerprint density at radius 2 is 0.510 bits per heavy atom. The van der Waals surface area contributed by atoms with Gasteiger partial charge >= 0.3 is 0 Å².